The van der Waals surface area contributed by atoms with Gasteiger partial charge in [-0.05, 0) is 30.3 Å². The molecule has 0 aromatic heterocycles. The van der Waals surface area contributed by atoms with Crippen molar-refractivity contribution in [3.8, 4) is 5.75 Å². The molecule has 104 valence electrons. The van der Waals surface area contributed by atoms with Gasteiger partial charge in [0, 0.05) is 28.2 Å². The van der Waals surface area contributed by atoms with E-state index in [0.717, 1.165) is 5.56 Å². The minimum atomic E-state index is -0.161. The average molecular weight is 310 g/mol. The number of rotatable bonds is 4. The van der Waals surface area contributed by atoms with Gasteiger partial charge in [-0.3, -0.25) is 4.79 Å². The molecule has 0 aliphatic heterocycles. The summed E-state index contributed by atoms with van der Waals surface area (Å²) in [6.07, 6.45) is 0. The van der Waals surface area contributed by atoms with Gasteiger partial charge in [-0.15, -0.1) is 0 Å². The van der Waals surface area contributed by atoms with E-state index in [0.29, 0.717) is 21.4 Å². The fraction of sp³-hybridized carbons (Fsp3) is 0.133. The second kappa shape index (κ2) is 6.64. The molecule has 2 aromatic rings. The molecule has 0 saturated heterocycles. The molecule has 0 fully saturated rings. The largest absolute Gasteiger partial charge is 0.489 e. The number of halogens is 2. The highest BCUT2D eigenvalue weighted by Gasteiger charge is 2.08. The van der Waals surface area contributed by atoms with E-state index in [-0.39, 0.29) is 12.5 Å². The lowest BCUT2D eigenvalue weighted by molar-refractivity contribution is 0.0962. The van der Waals surface area contributed by atoms with Crippen LogP contribution >= 0.6 is 23.2 Å². The normalized spacial score (nSPS) is 10.2. The Labute approximate surface area is 127 Å². The van der Waals surface area contributed by atoms with E-state index in [1.54, 1.807) is 49.5 Å². The predicted octanol–water partition coefficient (Wildman–Crippen LogP) is 3.93. The molecular formula is C15H13Cl2NO2. The molecule has 0 unspecified atom stereocenters. The van der Waals surface area contributed by atoms with Crippen LogP contribution in [0.5, 0.6) is 5.75 Å². The summed E-state index contributed by atoms with van der Waals surface area (Å²) in [5.41, 5.74) is 1.26. The molecule has 0 spiro atoms. The van der Waals surface area contributed by atoms with Crippen molar-refractivity contribution in [3.63, 3.8) is 0 Å². The van der Waals surface area contributed by atoms with Gasteiger partial charge in [0.15, 0.2) is 0 Å². The van der Waals surface area contributed by atoms with Crippen LogP contribution in [0.4, 0.5) is 0 Å². The van der Waals surface area contributed by atoms with Crippen LogP contribution in [0, 0.1) is 0 Å². The fourth-order valence-corrected chi connectivity index (χ4v) is 2.20. The zero-order valence-electron chi connectivity index (χ0n) is 10.8. The van der Waals surface area contributed by atoms with Crippen LogP contribution < -0.4 is 10.1 Å². The van der Waals surface area contributed by atoms with Crippen molar-refractivity contribution < 1.29 is 9.53 Å². The fourth-order valence-electron chi connectivity index (χ4n) is 1.70. The van der Waals surface area contributed by atoms with Gasteiger partial charge in [0.25, 0.3) is 5.91 Å². The van der Waals surface area contributed by atoms with E-state index in [1.165, 1.54) is 0 Å². The summed E-state index contributed by atoms with van der Waals surface area (Å²) in [4.78, 5) is 11.5. The van der Waals surface area contributed by atoms with Gasteiger partial charge in [-0.2, -0.15) is 0 Å². The second-order valence-electron chi connectivity index (χ2n) is 4.10. The quantitative estimate of drug-likeness (QED) is 0.929. The van der Waals surface area contributed by atoms with Gasteiger partial charge >= 0.3 is 0 Å². The Bertz CT molecular complexity index is 609. The molecule has 0 radical (unpaired) electrons. The van der Waals surface area contributed by atoms with Crippen LogP contribution in [0.3, 0.4) is 0 Å². The number of ether oxygens (including phenoxy) is 1. The molecule has 20 heavy (non-hydrogen) atoms. The Balaban J connectivity index is 2.13. The third-order valence-corrected chi connectivity index (χ3v) is 3.48. The van der Waals surface area contributed by atoms with E-state index in [1.807, 2.05) is 0 Å². The molecule has 1 N–H and O–H groups in total. The summed E-state index contributed by atoms with van der Waals surface area (Å²) in [7, 11) is 1.58. The molecule has 0 bridgehead atoms. The standard InChI is InChI=1S/C15H13Cl2NO2/c1-18-15(19)10-4-2-5-11(8-10)20-9-12-13(16)6-3-7-14(12)17/h2-8H,9H2,1H3,(H,18,19). The minimum absolute atomic E-state index is 0.161. The molecule has 0 saturated carbocycles. The maximum Gasteiger partial charge on any atom is 0.251 e. The Hall–Kier alpha value is -1.71. The summed E-state index contributed by atoms with van der Waals surface area (Å²) in [6, 6.07) is 12.2. The number of nitrogens with one attached hydrogen (secondary N) is 1. The molecule has 2 aromatic carbocycles. The van der Waals surface area contributed by atoms with Crippen molar-refractivity contribution in [1.29, 1.82) is 0 Å². The number of carbonyl (C=O) groups excluding carboxylic acids is 1. The first-order valence-electron chi connectivity index (χ1n) is 5.99. The molecular weight excluding hydrogens is 297 g/mol. The van der Waals surface area contributed by atoms with Crippen molar-refractivity contribution in [2.24, 2.45) is 0 Å². The molecule has 0 aliphatic rings. The van der Waals surface area contributed by atoms with Crippen molar-refractivity contribution in [1.82, 2.24) is 5.32 Å². The molecule has 1 amide bonds. The monoisotopic (exact) mass is 309 g/mol. The summed E-state index contributed by atoms with van der Waals surface area (Å²) in [5.74, 6) is 0.424. The Morgan fingerprint density at radius 2 is 1.80 bits per heavy atom. The van der Waals surface area contributed by atoms with E-state index >= 15 is 0 Å². The van der Waals surface area contributed by atoms with Crippen LogP contribution in [0.15, 0.2) is 42.5 Å². The predicted molar refractivity (Wildman–Crippen MR) is 80.6 cm³/mol. The van der Waals surface area contributed by atoms with Crippen LogP contribution in [-0.4, -0.2) is 13.0 Å². The highest BCUT2D eigenvalue weighted by Crippen LogP contribution is 2.26. The zero-order chi connectivity index (χ0) is 14.5. The third-order valence-electron chi connectivity index (χ3n) is 2.77. The van der Waals surface area contributed by atoms with Crippen LogP contribution in [-0.2, 0) is 6.61 Å². The van der Waals surface area contributed by atoms with Gasteiger partial charge in [-0.25, -0.2) is 0 Å². The Kier molecular flexibility index (Phi) is 4.88. The Morgan fingerprint density at radius 1 is 1.15 bits per heavy atom. The molecule has 0 atom stereocenters. The van der Waals surface area contributed by atoms with E-state index in [4.69, 9.17) is 27.9 Å². The summed E-state index contributed by atoms with van der Waals surface area (Å²) < 4.78 is 5.64. The van der Waals surface area contributed by atoms with E-state index in [9.17, 15) is 4.79 Å². The van der Waals surface area contributed by atoms with Gasteiger partial charge in [-0.1, -0.05) is 35.3 Å². The average Bonchev–Trinajstić information content (AvgIpc) is 2.46. The lowest BCUT2D eigenvalue weighted by Gasteiger charge is -2.10. The molecule has 0 heterocycles. The van der Waals surface area contributed by atoms with Gasteiger partial charge in [0.1, 0.15) is 12.4 Å². The zero-order valence-corrected chi connectivity index (χ0v) is 12.3. The van der Waals surface area contributed by atoms with Crippen LogP contribution in [0.2, 0.25) is 10.0 Å². The summed E-state index contributed by atoms with van der Waals surface area (Å²) in [5, 5.41) is 3.67. The van der Waals surface area contributed by atoms with E-state index in [2.05, 4.69) is 5.32 Å². The first kappa shape index (κ1) is 14.7. The topological polar surface area (TPSA) is 38.3 Å². The number of hydrogen-bond donors (Lipinski definition) is 1. The smallest absolute Gasteiger partial charge is 0.251 e. The van der Waals surface area contributed by atoms with Crippen LogP contribution in [0.1, 0.15) is 15.9 Å². The number of amides is 1. The van der Waals surface area contributed by atoms with Gasteiger partial charge in [0.05, 0.1) is 0 Å². The van der Waals surface area contributed by atoms with Crippen molar-refractivity contribution >= 4 is 29.1 Å². The van der Waals surface area contributed by atoms with Crippen molar-refractivity contribution in [3.05, 3.63) is 63.6 Å². The number of benzene rings is 2. The number of carbonyl (C=O) groups is 1. The summed E-state index contributed by atoms with van der Waals surface area (Å²) >= 11 is 12.1. The third kappa shape index (κ3) is 3.44. The number of hydrogen-bond acceptors (Lipinski definition) is 2. The molecule has 3 nitrogen and oxygen atoms in total. The molecule has 5 heteroatoms. The minimum Gasteiger partial charge on any atom is -0.489 e. The summed E-state index contributed by atoms with van der Waals surface area (Å²) in [6.45, 7) is 0.246. The molecule has 2 rings (SSSR count). The SMILES string of the molecule is CNC(=O)c1cccc(OCc2c(Cl)cccc2Cl)c1. The first-order valence-corrected chi connectivity index (χ1v) is 6.75. The van der Waals surface area contributed by atoms with Crippen molar-refractivity contribution in [2.75, 3.05) is 7.05 Å². The van der Waals surface area contributed by atoms with Gasteiger partial charge in [0.2, 0.25) is 0 Å². The highest BCUT2D eigenvalue weighted by molar-refractivity contribution is 6.35. The van der Waals surface area contributed by atoms with Gasteiger partial charge < -0.3 is 10.1 Å². The highest BCUT2D eigenvalue weighted by atomic mass is 35.5. The maximum atomic E-state index is 11.5. The maximum absolute atomic E-state index is 11.5. The lowest BCUT2D eigenvalue weighted by atomic mass is 10.2. The van der Waals surface area contributed by atoms with E-state index < -0.39 is 0 Å². The second-order valence-corrected chi connectivity index (χ2v) is 4.91. The first-order chi connectivity index (χ1) is 9.61. The molecule has 0 aliphatic carbocycles. The Morgan fingerprint density at radius 3 is 2.45 bits per heavy atom. The van der Waals surface area contributed by atoms with Crippen molar-refractivity contribution in [2.45, 2.75) is 6.61 Å². The van der Waals surface area contributed by atoms with Crippen LogP contribution in [0.25, 0.3) is 0 Å². The lowest BCUT2D eigenvalue weighted by Crippen LogP contribution is -2.17.